The van der Waals surface area contributed by atoms with Crippen LogP contribution >= 0.6 is 0 Å². The van der Waals surface area contributed by atoms with E-state index in [1.54, 1.807) is 0 Å². The van der Waals surface area contributed by atoms with Crippen molar-refractivity contribution in [3.05, 3.63) is 0 Å². The van der Waals surface area contributed by atoms with E-state index in [9.17, 15) is 13.2 Å². The summed E-state index contributed by atoms with van der Waals surface area (Å²) >= 11 is -0.636. The van der Waals surface area contributed by atoms with Crippen LogP contribution in [-0.2, 0) is 0 Å². The van der Waals surface area contributed by atoms with Gasteiger partial charge in [0, 0.05) is 0 Å². The molecule has 5 N–H and O–H groups in total. The third-order valence-electron chi connectivity index (χ3n) is 0.945. The summed E-state index contributed by atoms with van der Waals surface area (Å²) < 4.78 is 27.4. The van der Waals surface area contributed by atoms with Gasteiger partial charge in [0.1, 0.15) is 0 Å². The number of hydrogen-bond acceptors (Lipinski definition) is 4. The van der Waals surface area contributed by atoms with Gasteiger partial charge in [-0.1, -0.05) is 0 Å². The molecule has 0 bridgehead atoms. The topological polar surface area (TPSA) is 86.7 Å². The maximum Gasteiger partial charge on any atom is 0.0856 e. The first-order chi connectivity index (χ1) is 5.68. The number of nitrogens with two attached hydrogens (primary N) is 1. The van der Waals surface area contributed by atoms with Gasteiger partial charge < -0.3 is 21.1 Å². The molecule has 0 aromatic rings. The van der Waals surface area contributed by atoms with Crippen LogP contribution in [0, 0.1) is 0 Å². The molecule has 13 heavy (non-hydrogen) atoms. The minimum Gasteiger partial charge on any atom is -0.394 e. The minimum atomic E-state index is -3.87. The summed E-state index contributed by atoms with van der Waals surface area (Å²) in [5.41, 5.74) is 3.94. The Balaban J connectivity index is 0. The average Bonchev–Trinajstić information content (AvgIpc) is 2.00. The number of alkyl halides is 3. The molecule has 0 rings (SSSR count). The van der Waals surface area contributed by atoms with E-state index in [0.717, 1.165) is 0 Å². The molecule has 0 atom stereocenters. The van der Waals surface area contributed by atoms with Gasteiger partial charge in [-0.2, -0.15) is 0 Å². The summed E-state index contributed by atoms with van der Waals surface area (Å²) in [5, 5.41) is 25.0. The minimum absolute atomic E-state index is 0.403. The maximum atomic E-state index is 10.4. The third kappa shape index (κ3) is 15.2. The third-order valence-corrected chi connectivity index (χ3v) is 0.945. The van der Waals surface area contributed by atoms with E-state index in [0.29, 0.717) is 0 Å². The second kappa shape index (κ2) is 6.84. The Morgan fingerprint density at radius 3 is 1.15 bits per heavy atom. The molecule has 0 aromatic carbocycles. The number of hydrogen-bond donors (Lipinski definition) is 4. The smallest absolute Gasteiger partial charge is 0.0856 e. The first kappa shape index (κ1) is 15.9. The number of aliphatic hydroxyl groups is 3. The molecule has 0 aromatic heterocycles. The molecule has 0 saturated carbocycles. The van der Waals surface area contributed by atoms with Gasteiger partial charge in [0.25, 0.3) is 0 Å². The maximum absolute atomic E-state index is 10.4. The molecule has 8 heteroatoms. The molecule has 4 nitrogen and oxygen atoms in total. The van der Waals surface area contributed by atoms with Crippen LogP contribution in [0.3, 0.4) is 0 Å². The SMILES string of the molecule is F[C](F)(F)[SbH2].NC(CO)(CO)CO. The van der Waals surface area contributed by atoms with E-state index < -0.39 is 52.5 Å². The van der Waals surface area contributed by atoms with Crippen LogP contribution in [0.2, 0.25) is 0 Å². The van der Waals surface area contributed by atoms with Gasteiger partial charge in [-0.05, 0) is 0 Å². The van der Waals surface area contributed by atoms with Crippen LogP contribution in [0.25, 0.3) is 0 Å². The Morgan fingerprint density at radius 1 is 1.00 bits per heavy atom. The van der Waals surface area contributed by atoms with E-state index in [1.165, 1.54) is 0 Å². The van der Waals surface area contributed by atoms with Crippen molar-refractivity contribution in [3.8, 4) is 0 Å². The normalized spacial score (nSPS) is 12.0. The summed E-state index contributed by atoms with van der Waals surface area (Å²) in [6.07, 6.45) is 0. The summed E-state index contributed by atoms with van der Waals surface area (Å²) in [6, 6.07) is 0. The molecule has 0 aliphatic carbocycles. The fraction of sp³-hybridized carbons (Fsp3) is 1.00. The molecule has 82 valence electrons. The van der Waals surface area contributed by atoms with Gasteiger partial charge in [-0.3, -0.25) is 0 Å². The standard InChI is InChI=1S/C4H11NO3.CF3.Sb.2H/c5-4(1-6,2-7)3-8;2-1(3)4;;;/h6-8H,1-3,5H2;;;;. The van der Waals surface area contributed by atoms with Gasteiger partial charge in [-0.15, -0.1) is 0 Å². The number of rotatable bonds is 3. The van der Waals surface area contributed by atoms with Crippen LogP contribution in [0.15, 0.2) is 0 Å². The van der Waals surface area contributed by atoms with Crippen molar-refractivity contribution >= 4 is 23.0 Å². The van der Waals surface area contributed by atoms with E-state index in [4.69, 9.17) is 21.1 Å². The van der Waals surface area contributed by atoms with Crippen molar-refractivity contribution in [1.29, 1.82) is 0 Å². The Morgan fingerprint density at radius 2 is 1.15 bits per heavy atom. The zero-order valence-electron chi connectivity index (χ0n) is 6.75. The molecule has 0 spiro atoms. The van der Waals surface area contributed by atoms with E-state index >= 15 is 0 Å². The second-order valence-electron chi connectivity index (χ2n) is 2.38. The van der Waals surface area contributed by atoms with Crippen molar-refractivity contribution < 1.29 is 28.5 Å². The Labute approximate surface area is 87.0 Å². The first-order valence-electron chi connectivity index (χ1n) is 3.15. The Kier molecular flexibility index (Phi) is 8.36. The summed E-state index contributed by atoms with van der Waals surface area (Å²) in [5.74, 6) is 0. The summed E-state index contributed by atoms with van der Waals surface area (Å²) in [6.45, 7) is -1.21. The molecule has 0 unspecified atom stereocenters. The molecular formula is C5H13F3NO3Sb. The molecule has 0 heterocycles. The Hall–Kier alpha value is 0.448. The van der Waals surface area contributed by atoms with E-state index in [1.807, 2.05) is 0 Å². The van der Waals surface area contributed by atoms with Gasteiger partial charge >= 0.3 is 40.3 Å². The van der Waals surface area contributed by atoms with Crippen molar-refractivity contribution in [2.24, 2.45) is 5.73 Å². The van der Waals surface area contributed by atoms with Crippen molar-refractivity contribution in [2.45, 2.75) is 9.66 Å². The first-order valence-corrected chi connectivity index (χ1v) is 4.80. The number of halogens is 3. The van der Waals surface area contributed by atoms with Crippen LogP contribution in [0.5, 0.6) is 0 Å². The molecule has 0 aliphatic heterocycles. The molecule has 0 fully saturated rings. The fourth-order valence-corrected chi connectivity index (χ4v) is 0.150. The van der Waals surface area contributed by atoms with Gasteiger partial charge in [-0.25, -0.2) is 0 Å². The molecule has 0 saturated heterocycles. The molecule has 0 radical (unpaired) electrons. The average molecular weight is 314 g/mol. The van der Waals surface area contributed by atoms with Crippen molar-refractivity contribution in [2.75, 3.05) is 19.8 Å². The van der Waals surface area contributed by atoms with Gasteiger partial charge in [0.15, 0.2) is 0 Å². The van der Waals surface area contributed by atoms with Crippen molar-refractivity contribution in [3.63, 3.8) is 0 Å². The van der Waals surface area contributed by atoms with E-state index in [-0.39, 0.29) is 0 Å². The predicted octanol–water partition coefficient (Wildman–Crippen LogP) is -2.20. The zero-order chi connectivity index (χ0) is 11.1. The van der Waals surface area contributed by atoms with Crippen LogP contribution in [-0.4, -0.2) is 67.8 Å². The van der Waals surface area contributed by atoms with Crippen LogP contribution < -0.4 is 5.73 Å². The molecule has 0 aliphatic rings. The van der Waals surface area contributed by atoms with Gasteiger partial charge in [0.2, 0.25) is 0 Å². The monoisotopic (exact) mass is 313 g/mol. The molecular weight excluding hydrogens is 301 g/mol. The Bertz CT molecular complexity index is 114. The second-order valence-corrected chi connectivity index (χ2v) is 4.25. The molecule has 0 amide bonds. The predicted molar refractivity (Wildman–Crippen MR) is 42.8 cm³/mol. The van der Waals surface area contributed by atoms with Crippen LogP contribution in [0.1, 0.15) is 0 Å². The van der Waals surface area contributed by atoms with Gasteiger partial charge in [0.05, 0.1) is 25.4 Å². The largest absolute Gasteiger partial charge is 0.394 e. The van der Waals surface area contributed by atoms with E-state index in [2.05, 4.69) is 0 Å². The summed E-state index contributed by atoms with van der Waals surface area (Å²) in [4.78, 5) is 0. The fourth-order valence-electron chi connectivity index (χ4n) is 0.150. The summed E-state index contributed by atoms with van der Waals surface area (Å²) in [7, 11) is 0. The quantitative estimate of drug-likeness (QED) is 0.446. The zero-order valence-corrected chi connectivity index (χ0v) is 10.0. The van der Waals surface area contributed by atoms with Crippen molar-refractivity contribution in [1.82, 2.24) is 0 Å². The number of aliphatic hydroxyl groups excluding tert-OH is 3. The van der Waals surface area contributed by atoms with Crippen LogP contribution in [0.4, 0.5) is 13.2 Å².